The highest BCUT2D eigenvalue weighted by atomic mass is 19.1. The van der Waals surface area contributed by atoms with Crippen LogP contribution in [-0.2, 0) is 14.3 Å². The molecular weight excluding hydrogens is 509 g/mol. The van der Waals surface area contributed by atoms with E-state index >= 15 is 0 Å². The lowest BCUT2D eigenvalue weighted by molar-refractivity contribution is -0.136. The van der Waals surface area contributed by atoms with Crippen LogP contribution in [0.5, 0.6) is 0 Å². The molecule has 0 spiro atoms. The van der Waals surface area contributed by atoms with Gasteiger partial charge in [0.05, 0.1) is 25.3 Å². The second-order valence-electron chi connectivity index (χ2n) is 10.6. The Kier molecular flexibility index (Phi) is 14.3. The number of rotatable bonds is 8. The number of halogens is 1. The Morgan fingerprint density at radius 3 is 2.56 bits per heavy atom. The Balaban J connectivity index is 2.51. The zero-order valence-electron chi connectivity index (χ0n) is 23.7. The highest BCUT2D eigenvalue weighted by Crippen LogP contribution is 2.20. The standard InChI is InChI=1S/C28H46FN3O7/c1-20(2)15-21-16-31(28(37)22-9-5-6-10-23(22)29)17-25(38-4)27(36)24(34)19-39-14-8-7-11-32(21)26(35)18-30(3)12-13-33/h5-6,9-10,20-21,24-25,27,33-34,36H,7-8,11-19H2,1-4H3/t21-,24-,25-,27-/m1/s1. The van der Waals surface area contributed by atoms with E-state index in [1.54, 1.807) is 22.9 Å². The van der Waals surface area contributed by atoms with Gasteiger partial charge in [0.2, 0.25) is 5.91 Å². The summed E-state index contributed by atoms with van der Waals surface area (Å²) >= 11 is 0. The molecule has 1 saturated heterocycles. The number of ether oxygens (including phenoxy) is 2. The molecule has 0 saturated carbocycles. The van der Waals surface area contributed by atoms with Crippen LogP contribution in [0.25, 0.3) is 0 Å². The Morgan fingerprint density at radius 1 is 1.21 bits per heavy atom. The smallest absolute Gasteiger partial charge is 0.256 e. The summed E-state index contributed by atoms with van der Waals surface area (Å²) in [6.07, 6.45) is -1.75. The normalized spacial score (nSPS) is 24.2. The second-order valence-corrected chi connectivity index (χ2v) is 10.6. The quantitative estimate of drug-likeness (QED) is 0.434. The third kappa shape index (κ3) is 10.4. The van der Waals surface area contributed by atoms with E-state index in [-0.39, 0.29) is 50.2 Å². The minimum absolute atomic E-state index is 0.0754. The van der Waals surface area contributed by atoms with Crippen LogP contribution in [0.2, 0.25) is 0 Å². The summed E-state index contributed by atoms with van der Waals surface area (Å²) < 4.78 is 25.8. The first-order valence-corrected chi connectivity index (χ1v) is 13.7. The second kappa shape index (κ2) is 16.8. The molecule has 0 unspecified atom stereocenters. The van der Waals surface area contributed by atoms with Gasteiger partial charge in [-0.2, -0.15) is 0 Å². The third-order valence-corrected chi connectivity index (χ3v) is 6.92. The maximum absolute atomic E-state index is 14.7. The Labute approximate surface area is 231 Å². The molecule has 1 fully saturated rings. The Hall–Kier alpha value is -2.15. The van der Waals surface area contributed by atoms with E-state index in [0.717, 1.165) is 0 Å². The highest BCUT2D eigenvalue weighted by molar-refractivity contribution is 5.94. The Bertz CT molecular complexity index is 890. The van der Waals surface area contributed by atoms with Gasteiger partial charge in [0, 0.05) is 45.9 Å². The molecule has 2 amide bonds. The molecule has 222 valence electrons. The largest absolute Gasteiger partial charge is 0.395 e. The number of methoxy groups -OCH3 is 1. The van der Waals surface area contributed by atoms with Crippen LogP contribution in [0.4, 0.5) is 4.39 Å². The molecule has 10 nitrogen and oxygen atoms in total. The van der Waals surface area contributed by atoms with Gasteiger partial charge in [0.1, 0.15) is 24.1 Å². The molecule has 4 atom stereocenters. The van der Waals surface area contributed by atoms with Crippen molar-refractivity contribution in [2.75, 3.05) is 66.7 Å². The van der Waals surface area contributed by atoms with Crippen molar-refractivity contribution in [3.05, 3.63) is 35.6 Å². The number of hydrogen-bond acceptors (Lipinski definition) is 8. The average molecular weight is 556 g/mol. The fourth-order valence-corrected chi connectivity index (χ4v) is 4.80. The lowest BCUT2D eigenvalue weighted by Crippen LogP contribution is -2.55. The summed E-state index contributed by atoms with van der Waals surface area (Å²) in [5, 5.41) is 30.6. The van der Waals surface area contributed by atoms with Crippen LogP contribution in [-0.4, -0.2) is 133 Å². The van der Waals surface area contributed by atoms with Gasteiger partial charge in [-0.25, -0.2) is 4.39 Å². The van der Waals surface area contributed by atoms with Crippen molar-refractivity contribution in [1.29, 1.82) is 0 Å². The fraction of sp³-hybridized carbons (Fsp3) is 0.714. The number of benzene rings is 1. The van der Waals surface area contributed by atoms with Crippen molar-refractivity contribution in [3.63, 3.8) is 0 Å². The molecule has 0 bridgehead atoms. The first-order chi connectivity index (χ1) is 18.6. The Morgan fingerprint density at radius 2 is 1.92 bits per heavy atom. The van der Waals surface area contributed by atoms with E-state index < -0.39 is 36.1 Å². The number of amides is 2. The number of hydrogen-bond donors (Lipinski definition) is 3. The molecule has 11 heteroatoms. The van der Waals surface area contributed by atoms with Crippen LogP contribution in [0.1, 0.15) is 43.5 Å². The SMILES string of the molecule is CO[C@@H]1CN(C(=O)c2ccccc2F)C[C@@H](CC(C)C)N(C(=O)CN(C)CCO)CCCCOC[C@@H](O)[C@H]1O. The van der Waals surface area contributed by atoms with Gasteiger partial charge < -0.3 is 34.6 Å². The van der Waals surface area contributed by atoms with Gasteiger partial charge in [0.25, 0.3) is 5.91 Å². The van der Waals surface area contributed by atoms with Gasteiger partial charge in [-0.05, 0) is 44.4 Å². The van der Waals surface area contributed by atoms with Crippen molar-refractivity contribution >= 4 is 11.8 Å². The molecule has 0 radical (unpaired) electrons. The summed E-state index contributed by atoms with van der Waals surface area (Å²) in [6.45, 7) is 5.02. The summed E-state index contributed by atoms with van der Waals surface area (Å²) in [5.41, 5.74) is -0.129. The molecule has 2 rings (SSSR count). The van der Waals surface area contributed by atoms with Crippen molar-refractivity contribution in [2.24, 2.45) is 5.92 Å². The topological polar surface area (TPSA) is 123 Å². The predicted octanol–water partition coefficient (Wildman–Crippen LogP) is 0.983. The van der Waals surface area contributed by atoms with E-state index in [0.29, 0.717) is 39.0 Å². The molecule has 3 N–H and O–H groups in total. The minimum Gasteiger partial charge on any atom is -0.395 e. The van der Waals surface area contributed by atoms with Gasteiger partial charge >= 0.3 is 0 Å². The zero-order chi connectivity index (χ0) is 28.9. The molecule has 1 aromatic carbocycles. The first-order valence-electron chi connectivity index (χ1n) is 13.7. The lowest BCUT2D eigenvalue weighted by atomic mass is 9.99. The molecule has 1 aliphatic rings. The van der Waals surface area contributed by atoms with E-state index in [4.69, 9.17) is 9.47 Å². The summed E-state index contributed by atoms with van der Waals surface area (Å²) in [5.74, 6) is -1.23. The molecular formula is C28H46FN3O7. The molecule has 39 heavy (non-hydrogen) atoms. The lowest BCUT2D eigenvalue weighted by Gasteiger charge is -2.39. The highest BCUT2D eigenvalue weighted by Gasteiger charge is 2.34. The monoisotopic (exact) mass is 555 g/mol. The van der Waals surface area contributed by atoms with Crippen molar-refractivity contribution in [2.45, 2.75) is 57.5 Å². The van der Waals surface area contributed by atoms with Crippen LogP contribution >= 0.6 is 0 Å². The zero-order valence-corrected chi connectivity index (χ0v) is 23.7. The van der Waals surface area contributed by atoms with Gasteiger partial charge in [-0.1, -0.05) is 26.0 Å². The fourth-order valence-electron chi connectivity index (χ4n) is 4.80. The molecule has 0 aliphatic carbocycles. The first kappa shape index (κ1) is 33.1. The maximum Gasteiger partial charge on any atom is 0.256 e. The summed E-state index contributed by atoms with van der Waals surface area (Å²) in [4.78, 5) is 32.2. The van der Waals surface area contributed by atoms with Crippen LogP contribution in [0.15, 0.2) is 24.3 Å². The van der Waals surface area contributed by atoms with E-state index in [1.165, 1.54) is 30.2 Å². The summed E-state index contributed by atoms with van der Waals surface area (Å²) in [6, 6.07) is 5.27. The van der Waals surface area contributed by atoms with E-state index in [9.17, 15) is 29.3 Å². The summed E-state index contributed by atoms with van der Waals surface area (Å²) in [7, 11) is 3.13. The van der Waals surface area contributed by atoms with E-state index in [1.807, 2.05) is 13.8 Å². The van der Waals surface area contributed by atoms with Crippen LogP contribution in [0.3, 0.4) is 0 Å². The average Bonchev–Trinajstić information content (AvgIpc) is 2.88. The molecule has 1 heterocycles. The third-order valence-electron chi connectivity index (χ3n) is 6.92. The molecule has 0 aromatic heterocycles. The van der Waals surface area contributed by atoms with Crippen molar-refractivity contribution < 1.29 is 38.8 Å². The number of aliphatic hydroxyl groups excluding tert-OH is 3. The van der Waals surface area contributed by atoms with Gasteiger partial charge in [-0.15, -0.1) is 0 Å². The predicted molar refractivity (Wildman–Crippen MR) is 145 cm³/mol. The minimum atomic E-state index is -1.36. The van der Waals surface area contributed by atoms with Crippen LogP contribution < -0.4 is 0 Å². The number of nitrogens with zero attached hydrogens (tertiary/aromatic N) is 3. The molecule has 1 aromatic rings. The number of carbonyl (C=O) groups is 2. The van der Waals surface area contributed by atoms with Gasteiger partial charge in [0.15, 0.2) is 0 Å². The van der Waals surface area contributed by atoms with Gasteiger partial charge in [-0.3, -0.25) is 14.5 Å². The maximum atomic E-state index is 14.7. The van der Waals surface area contributed by atoms with Crippen molar-refractivity contribution in [1.82, 2.24) is 14.7 Å². The van der Waals surface area contributed by atoms with Crippen LogP contribution in [0, 0.1) is 11.7 Å². The van der Waals surface area contributed by atoms with E-state index in [2.05, 4.69) is 0 Å². The van der Waals surface area contributed by atoms with Crippen molar-refractivity contribution in [3.8, 4) is 0 Å². The number of carbonyl (C=O) groups excluding carboxylic acids is 2. The number of aliphatic hydroxyl groups is 3. The number of likely N-dealkylation sites (N-methyl/N-ethyl adjacent to an activating group) is 1. The molecule has 1 aliphatic heterocycles.